The minimum absolute atomic E-state index is 0.269. The van der Waals surface area contributed by atoms with Crippen LogP contribution >= 0.6 is 0 Å². The van der Waals surface area contributed by atoms with E-state index in [2.05, 4.69) is 31.3 Å². The summed E-state index contributed by atoms with van der Waals surface area (Å²) in [4.78, 5) is 12.0. The highest BCUT2D eigenvalue weighted by Crippen LogP contribution is 2.13. The Balaban J connectivity index is 3.18. The van der Waals surface area contributed by atoms with E-state index in [1.54, 1.807) is 0 Å². The Bertz CT molecular complexity index is 444. The van der Waals surface area contributed by atoms with E-state index in [1.165, 1.54) is 161 Å². The van der Waals surface area contributed by atoms with Crippen LogP contribution in [0.1, 0.15) is 194 Å². The highest BCUT2D eigenvalue weighted by Gasteiger charge is 2.01. The summed E-state index contributed by atoms with van der Waals surface area (Å²) in [6, 6.07) is 0. The van der Waals surface area contributed by atoms with Gasteiger partial charge in [0.05, 0.1) is 0 Å². The Morgan fingerprint density at radius 1 is 0.444 bits per heavy atom. The lowest BCUT2D eigenvalue weighted by Gasteiger charge is -2.06. The van der Waals surface area contributed by atoms with Crippen molar-refractivity contribution in [3.05, 3.63) is 12.2 Å². The summed E-state index contributed by atoms with van der Waals surface area (Å²) in [5.74, 6) is 0.269. The van der Waals surface area contributed by atoms with Crippen molar-refractivity contribution in [1.29, 1.82) is 0 Å². The van der Waals surface area contributed by atoms with Crippen LogP contribution in [-0.2, 0) is 4.79 Å². The van der Waals surface area contributed by atoms with Gasteiger partial charge < -0.3 is 5.32 Å². The van der Waals surface area contributed by atoms with Gasteiger partial charge in [-0.2, -0.15) is 0 Å². The van der Waals surface area contributed by atoms with Crippen LogP contribution in [-0.4, -0.2) is 12.5 Å². The van der Waals surface area contributed by atoms with E-state index in [9.17, 15) is 4.79 Å². The van der Waals surface area contributed by atoms with Crippen molar-refractivity contribution in [2.24, 2.45) is 0 Å². The second kappa shape index (κ2) is 32.2. The summed E-state index contributed by atoms with van der Waals surface area (Å²) in [5, 5.41) is 3.13. The van der Waals surface area contributed by atoms with E-state index in [0.717, 1.165) is 25.8 Å². The Morgan fingerprint density at radius 3 is 1.19 bits per heavy atom. The second-order valence-electron chi connectivity index (χ2n) is 11.3. The predicted octanol–water partition coefficient (Wildman–Crippen LogP) is 11.6. The number of nitrogens with one attached hydrogen (secondary N) is 1. The number of unbranched alkanes of at least 4 members (excludes halogenated alkanes) is 24. The van der Waals surface area contributed by atoms with Gasteiger partial charge >= 0.3 is 0 Å². The van der Waals surface area contributed by atoms with Crippen LogP contribution in [0.15, 0.2) is 12.2 Å². The molecule has 0 rings (SSSR count). The van der Waals surface area contributed by atoms with Gasteiger partial charge in [0, 0.05) is 13.0 Å². The van der Waals surface area contributed by atoms with Crippen molar-refractivity contribution < 1.29 is 4.79 Å². The zero-order valence-corrected chi connectivity index (χ0v) is 25.1. The van der Waals surface area contributed by atoms with Gasteiger partial charge in [0.25, 0.3) is 0 Å². The van der Waals surface area contributed by atoms with Crippen LogP contribution in [0.5, 0.6) is 0 Å². The molecule has 2 heteroatoms. The first-order valence-electron chi connectivity index (χ1n) is 16.7. The standard InChI is InChI=1S/C34H67NO/c1-3-5-7-9-11-13-15-17-18-19-21-23-25-27-29-31-33-35-34(36)32-30-28-26-24-22-20-16-14-12-10-8-6-4-2/h17-18H,3-16,19-33H2,1-2H3,(H,35,36)/b18-17+. The first kappa shape index (κ1) is 35.2. The molecular weight excluding hydrogens is 438 g/mol. The molecule has 0 fully saturated rings. The van der Waals surface area contributed by atoms with Crippen LogP contribution in [0.3, 0.4) is 0 Å². The van der Waals surface area contributed by atoms with Crippen molar-refractivity contribution in [3.63, 3.8) is 0 Å². The van der Waals surface area contributed by atoms with Crippen LogP contribution in [0.25, 0.3) is 0 Å². The maximum Gasteiger partial charge on any atom is 0.219 e. The summed E-state index contributed by atoms with van der Waals surface area (Å²) in [6.45, 7) is 5.44. The van der Waals surface area contributed by atoms with E-state index in [1.807, 2.05) is 0 Å². The Kier molecular flexibility index (Phi) is 31.5. The van der Waals surface area contributed by atoms with Crippen molar-refractivity contribution in [3.8, 4) is 0 Å². The van der Waals surface area contributed by atoms with Crippen LogP contribution < -0.4 is 5.32 Å². The molecule has 0 saturated carbocycles. The van der Waals surface area contributed by atoms with Crippen molar-refractivity contribution in [2.45, 2.75) is 194 Å². The topological polar surface area (TPSA) is 29.1 Å². The van der Waals surface area contributed by atoms with E-state index >= 15 is 0 Å². The monoisotopic (exact) mass is 506 g/mol. The largest absolute Gasteiger partial charge is 0.356 e. The molecule has 0 spiro atoms. The van der Waals surface area contributed by atoms with Crippen molar-refractivity contribution >= 4 is 5.91 Å². The van der Waals surface area contributed by atoms with Crippen LogP contribution in [0.2, 0.25) is 0 Å². The number of hydrogen-bond acceptors (Lipinski definition) is 1. The molecular formula is C34H67NO. The molecule has 0 aromatic heterocycles. The molecule has 1 amide bonds. The first-order chi connectivity index (χ1) is 17.8. The molecule has 0 radical (unpaired) electrons. The van der Waals surface area contributed by atoms with Crippen molar-refractivity contribution in [2.75, 3.05) is 6.54 Å². The molecule has 2 nitrogen and oxygen atoms in total. The first-order valence-corrected chi connectivity index (χ1v) is 16.7. The van der Waals surface area contributed by atoms with Crippen LogP contribution in [0.4, 0.5) is 0 Å². The van der Waals surface area contributed by atoms with Gasteiger partial charge in [-0.3, -0.25) is 4.79 Å². The second-order valence-corrected chi connectivity index (χ2v) is 11.3. The summed E-state index contributed by atoms with van der Waals surface area (Å²) in [5.41, 5.74) is 0. The normalized spacial score (nSPS) is 11.5. The highest BCUT2D eigenvalue weighted by molar-refractivity contribution is 5.75. The Morgan fingerprint density at radius 2 is 0.778 bits per heavy atom. The Hall–Kier alpha value is -0.790. The summed E-state index contributed by atoms with van der Waals surface area (Å²) < 4.78 is 0. The van der Waals surface area contributed by atoms with Gasteiger partial charge in [-0.1, -0.05) is 161 Å². The minimum atomic E-state index is 0.269. The highest BCUT2D eigenvalue weighted by atomic mass is 16.1. The number of allylic oxidation sites excluding steroid dienone is 2. The Labute approximate surface area is 228 Å². The lowest BCUT2D eigenvalue weighted by molar-refractivity contribution is -0.121. The predicted molar refractivity (Wildman–Crippen MR) is 163 cm³/mol. The maximum absolute atomic E-state index is 12.0. The fourth-order valence-electron chi connectivity index (χ4n) is 4.99. The van der Waals surface area contributed by atoms with Crippen LogP contribution in [0, 0.1) is 0 Å². The van der Waals surface area contributed by atoms with Gasteiger partial charge in [-0.25, -0.2) is 0 Å². The molecule has 0 heterocycles. The maximum atomic E-state index is 12.0. The third-order valence-electron chi connectivity index (χ3n) is 7.52. The SMILES string of the molecule is CCCCCCCC/C=C/CCCCCCCCNC(=O)CCCCCCCCCCCCCCC. The number of amides is 1. The summed E-state index contributed by atoms with van der Waals surface area (Å²) in [7, 11) is 0. The number of rotatable bonds is 30. The molecule has 36 heavy (non-hydrogen) atoms. The zero-order valence-electron chi connectivity index (χ0n) is 25.1. The average Bonchev–Trinajstić information content (AvgIpc) is 2.88. The average molecular weight is 506 g/mol. The lowest BCUT2D eigenvalue weighted by Crippen LogP contribution is -2.23. The fraction of sp³-hybridized carbons (Fsp3) is 0.912. The number of hydrogen-bond donors (Lipinski definition) is 1. The van der Waals surface area contributed by atoms with Gasteiger partial charge in [-0.15, -0.1) is 0 Å². The summed E-state index contributed by atoms with van der Waals surface area (Å²) >= 11 is 0. The fourth-order valence-corrected chi connectivity index (χ4v) is 4.99. The van der Waals surface area contributed by atoms with Gasteiger partial charge in [0.1, 0.15) is 0 Å². The smallest absolute Gasteiger partial charge is 0.219 e. The molecule has 0 unspecified atom stereocenters. The number of carbonyl (C=O) groups excluding carboxylic acids is 1. The molecule has 0 aliphatic rings. The molecule has 1 N–H and O–H groups in total. The van der Waals surface area contributed by atoms with Gasteiger partial charge in [-0.05, 0) is 38.5 Å². The molecule has 0 saturated heterocycles. The molecule has 0 aliphatic carbocycles. The van der Waals surface area contributed by atoms with E-state index in [4.69, 9.17) is 0 Å². The van der Waals surface area contributed by atoms with Crippen molar-refractivity contribution in [1.82, 2.24) is 5.32 Å². The van der Waals surface area contributed by atoms with E-state index in [-0.39, 0.29) is 5.91 Å². The van der Waals surface area contributed by atoms with E-state index < -0.39 is 0 Å². The van der Waals surface area contributed by atoms with Gasteiger partial charge in [0.15, 0.2) is 0 Å². The molecule has 0 atom stereocenters. The zero-order chi connectivity index (χ0) is 26.2. The molecule has 214 valence electrons. The van der Waals surface area contributed by atoms with Gasteiger partial charge in [0.2, 0.25) is 5.91 Å². The molecule has 0 aliphatic heterocycles. The number of carbonyl (C=O) groups is 1. The minimum Gasteiger partial charge on any atom is -0.356 e. The lowest BCUT2D eigenvalue weighted by atomic mass is 10.0. The molecule has 0 aromatic carbocycles. The quantitative estimate of drug-likeness (QED) is 0.0763. The third-order valence-corrected chi connectivity index (χ3v) is 7.52. The molecule has 0 aromatic rings. The third kappa shape index (κ3) is 31.2. The molecule has 0 bridgehead atoms. The van der Waals surface area contributed by atoms with E-state index in [0.29, 0.717) is 0 Å². The summed E-state index contributed by atoms with van der Waals surface area (Å²) in [6.07, 6.45) is 41.8.